The first kappa shape index (κ1) is 19.0. The summed E-state index contributed by atoms with van der Waals surface area (Å²) < 4.78 is 46.9. The van der Waals surface area contributed by atoms with Gasteiger partial charge in [0.15, 0.2) is 0 Å². The first-order valence-electron chi connectivity index (χ1n) is 8.68. The van der Waals surface area contributed by atoms with Crippen molar-refractivity contribution in [3.8, 4) is 33.9 Å². The van der Waals surface area contributed by atoms with Crippen molar-refractivity contribution in [2.75, 3.05) is 0 Å². The van der Waals surface area contributed by atoms with Crippen LogP contribution in [0.25, 0.3) is 33.9 Å². The first-order chi connectivity index (χ1) is 13.8. The van der Waals surface area contributed by atoms with Crippen molar-refractivity contribution in [2.45, 2.75) is 11.8 Å². The molecule has 8 heteroatoms. The van der Waals surface area contributed by atoms with Gasteiger partial charge in [0.05, 0.1) is 11.4 Å². The largest absolute Gasteiger partial charge is 0.337 e. The molecule has 0 saturated carbocycles. The van der Waals surface area contributed by atoms with Crippen molar-refractivity contribution < 1.29 is 17.4 Å². The fraction of sp³-hybridized carbons (Fsp3) is 0.0476. The highest BCUT2D eigenvalue weighted by Crippen LogP contribution is 2.35. The third kappa shape index (κ3) is 3.80. The average molecular weight is 409 g/mol. The van der Waals surface area contributed by atoms with E-state index in [9.17, 15) is 17.4 Å². The van der Waals surface area contributed by atoms with E-state index in [0.29, 0.717) is 22.5 Å². The first-order valence-corrected chi connectivity index (χ1v) is 10.1. The number of aromatic nitrogens is 3. The van der Waals surface area contributed by atoms with E-state index in [-0.39, 0.29) is 22.1 Å². The van der Waals surface area contributed by atoms with Crippen LogP contribution in [0.1, 0.15) is 5.56 Å². The average Bonchev–Trinajstić information content (AvgIpc) is 3.14. The van der Waals surface area contributed by atoms with Crippen molar-refractivity contribution in [3.63, 3.8) is 0 Å². The number of hydrogen-bond acceptors (Lipinski definition) is 4. The van der Waals surface area contributed by atoms with Gasteiger partial charge < -0.3 is 4.98 Å². The number of aryl methyl sites for hydroxylation is 1. The van der Waals surface area contributed by atoms with Crippen LogP contribution in [0.4, 0.5) is 4.39 Å². The van der Waals surface area contributed by atoms with Crippen molar-refractivity contribution in [1.29, 1.82) is 0 Å². The Morgan fingerprint density at radius 3 is 2.31 bits per heavy atom. The molecule has 2 heterocycles. The Kier molecular flexibility index (Phi) is 4.73. The molecule has 2 aromatic heterocycles. The molecule has 0 atom stereocenters. The minimum atomic E-state index is -4.46. The lowest BCUT2D eigenvalue weighted by atomic mass is 10.1. The molecular weight excluding hydrogens is 393 g/mol. The van der Waals surface area contributed by atoms with Gasteiger partial charge in [-0.15, -0.1) is 0 Å². The molecule has 4 rings (SSSR count). The van der Waals surface area contributed by atoms with Crippen LogP contribution in [0.3, 0.4) is 0 Å². The van der Waals surface area contributed by atoms with Gasteiger partial charge in [-0.3, -0.25) is 9.54 Å². The minimum Gasteiger partial charge on any atom is -0.337 e. The highest BCUT2D eigenvalue weighted by atomic mass is 32.2. The smallest absolute Gasteiger partial charge is 0.295 e. The number of imidazole rings is 1. The number of halogens is 1. The van der Waals surface area contributed by atoms with Crippen LogP contribution >= 0.6 is 0 Å². The molecule has 6 nitrogen and oxygen atoms in total. The molecule has 29 heavy (non-hydrogen) atoms. The molecule has 0 fully saturated rings. The Hall–Kier alpha value is -3.36. The number of aromatic amines is 1. The van der Waals surface area contributed by atoms with E-state index in [2.05, 4.69) is 15.0 Å². The summed E-state index contributed by atoms with van der Waals surface area (Å²) in [4.78, 5) is 11.5. The Morgan fingerprint density at radius 2 is 1.66 bits per heavy atom. The van der Waals surface area contributed by atoms with Crippen LogP contribution in [0, 0.1) is 12.7 Å². The quantitative estimate of drug-likeness (QED) is 0.484. The summed E-state index contributed by atoms with van der Waals surface area (Å²) >= 11 is 0. The standard InChI is InChI=1S/C21H16FN3O3S/c1-13-2-7-17(18(12-13)29(26,27)28)21-24-19(14-3-5-16(22)6-4-14)20(25-21)15-8-10-23-11-9-15/h2-12H,1H3,(H,24,25)(H,26,27,28). The van der Waals surface area contributed by atoms with Gasteiger partial charge in [0.2, 0.25) is 0 Å². The van der Waals surface area contributed by atoms with Crippen LogP contribution in [0.15, 0.2) is 71.9 Å². The number of H-pyrrole nitrogens is 1. The maximum atomic E-state index is 13.4. The van der Waals surface area contributed by atoms with E-state index in [0.717, 1.165) is 5.56 Å². The monoisotopic (exact) mass is 409 g/mol. The maximum Gasteiger partial charge on any atom is 0.295 e. The van der Waals surface area contributed by atoms with Crippen molar-refractivity contribution in [3.05, 3.63) is 78.4 Å². The number of rotatable bonds is 4. The summed E-state index contributed by atoms with van der Waals surface area (Å²) in [5.41, 5.74) is 3.49. The fourth-order valence-corrected chi connectivity index (χ4v) is 3.86. The summed E-state index contributed by atoms with van der Waals surface area (Å²) in [5, 5.41) is 0. The summed E-state index contributed by atoms with van der Waals surface area (Å²) in [7, 11) is -4.46. The van der Waals surface area contributed by atoms with Crippen molar-refractivity contribution in [2.24, 2.45) is 0 Å². The number of nitrogens with zero attached hydrogens (tertiary/aromatic N) is 2. The van der Waals surface area contributed by atoms with Gasteiger partial charge in [-0.05, 0) is 61.0 Å². The fourth-order valence-electron chi connectivity index (χ4n) is 3.08. The summed E-state index contributed by atoms with van der Waals surface area (Å²) in [6.45, 7) is 1.73. The molecule has 0 amide bonds. The van der Waals surface area contributed by atoms with E-state index in [1.54, 1.807) is 55.7 Å². The van der Waals surface area contributed by atoms with Crippen LogP contribution in [-0.4, -0.2) is 27.9 Å². The number of benzene rings is 2. The van der Waals surface area contributed by atoms with E-state index >= 15 is 0 Å². The Bertz CT molecular complexity index is 1280. The minimum absolute atomic E-state index is 0.238. The zero-order chi connectivity index (χ0) is 20.6. The molecule has 2 aromatic carbocycles. The third-order valence-electron chi connectivity index (χ3n) is 4.46. The molecule has 0 aliphatic carbocycles. The normalized spacial score (nSPS) is 11.6. The predicted octanol–water partition coefficient (Wildman–Crippen LogP) is 4.50. The number of pyridine rings is 1. The zero-order valence-corrected chi connectivity index (χ0v) is 16.1. The Morgan fingerprint density at radius 1 is 0.966 bits per heavy atom. The lowest BCUT2D eigenvalue weighted by molar-refractivity contribution is 0.483. The number of nitrogens with one attached hydrogen (secondary N) is 1. The molecular formula is C21H16FN3O3S. The lowest BCUT2D eigenvalue weighted by Crippen LogP contribution is -2.02. The van der Waals surface area contributed by atoms with Gasteiger partial charge in [-0.1, -0.05) is 6.07 Å². The highest BCUT2D eigenvalue weighted by Gasteiger charge is 2.22. The van der Waals surface area contributed by atoms with Gasteiger partial charge in [-0.2, -0.15) is 8.42 Å². The molecule has 0 aliphatic rings. The molecule has 0 saturated heterocycles. The van der Waals surface area contributed by atoms with E-state index in [1.165, 1.54) is 18.2 Å². The molecule has 0 radical (unpaired) electrons. The molecule has 2 N–H and O–H groups in total. The summed E-state index contributed by atoms with van der Waals surface area (Å²) in [5.74, 6) is -0.106. The second-order valence-corrected chi connectivity index (χ2v) is 7.92. The summed E-state index contributed by atoms with van der Waals surface area (Å²) in [6.07, 6.45) is 3.25. The molecule has 0 bridgehead atoms. The Labute approximate surface area is 166 Å². The molecule has 146 valence electrons. The van der Waals surface area contributed by atoms with E-state index in [4.69, 9.17) is 0 Å². The Balaban J connectivity index is 1.97. The second-order valence-electron chi connectivity index (χ2n) is 6.53. The number of hydrogen-bond donors (Lipinski definition) is 2. The second kappa shape index (κ2) is 7.23. The van der Waals surface area contributed by atoms with Crippen molar-refractivity contribution in [1.82, 2.24) is 15.0 Å². The van der Waals surface area contributed by atoms with Gasteiger partial charge in [0, 0.05) is 29.1 Å². The molecule has 0 spiro atoms. The third-order valence-corrected chi connectivity index (χ3v) is 5.35. The topological polar surface area (TPSA) is 95.9 Å². The van der Waals surface area contributed by atoms with Crippen LogP contribution < -0.4 is 0 Å². The maximum absolute atomic E-state index is 13.4. The molecule has 0 unspecified atom stereocenters. The van der Waals surface area contributed by atoms with Gasteiger partial charge >= 0.3 is 0 Å². The van der Waals surface area contributed by atoms with Gasteiger partial charge in [0.1, 0.15) is 16.5 Å². The van der Waals surface area contributed by atoms with Gasteiger partial charge in [0.25, 0.3) is 10.1 Å². The van der Waals surface area contributed by atoms with Gasteiger partial charge in [-0.25, -0.2) is 9.37 Å². The zero-order valence-electron chi connectivity index (χ0n) is 15.3. The summed E-state index contributed by atoms with van der Waals surface area (Å²) in [6, 6.07) is 14.1. The highest BCUT2D eigenvalue weighted by molar-refractivity contribution is 7.86. The SMILES string of the molecule is Cc1ccc(-c2nc(-c3ccc(F)cc3)c(-c3ccncc3)[nH]2)c(S(=O)(=O)O)c1. The lowest BCUT2D eigenvalue weighted by Gasteiger charge is -2.06. The van der Waals surface area contributed by atoms with Crippen molar-refractivity contribution >= 4 is 10.1 Å². The molecule has 0 aliphatic heterocycles. The van der Waals surface area contributed by atoms with E-state index in [1.807, 2.05) is 0 Å². The predicted molar refractivity (Wildman–Crippen MR) is 107 cm³/mol. The molecule has 4 aromatic rings. The van der Waals surface area contributed by atoms with E-state index < -0.39 is 10.1 Å². The van der Waals surface area contributed by atoms with Crippen LogP contribution in [-0.2, 0) is 10.1 Å². The van der Waals surface area contributed by atoms with Crippen LogP contribution in [0.2, 0.25) is 0 Å². The van der Waals surface area contributed by atoms with Crippen LogP contribution in [0.5, 0.6) is 0 Å².